The van der Waals surface area contributed by atoms with Gasteiger partial charge in [-0.3, -0.25) is 4.79 Å². The number of aliphatic hydroxyl groups is 3. The highest BCUT2D eigenvalue weighted by molar-refractivity contribution is 6.03. The van der Waals surface area contributed by atoms with E-state index in [-0.39, 0.29) is 35.0 Å². The summed E-state index contributed by atoms with van der Waals surface area (Å²) in [5.41, 5.74) is 0.434. The molecule has 2 aromatic carbocycles. The fraction of sp³-hybridized carbons (Fsp3) is 0.333. The first-order chi connectivity index (χ1) is 15.2. The summed E-state index contributed by atoms with van der Waals surface area (Å²) in [5.74, 6) is -2.74. The number of carboxylic acid groups (broad SMARTS) is 1. The number of fused-ring (bicyclic) bond motifs is 1. The predicted molar refractivity (Wildman–Crippen MR) is 103 cm³/mol. The van der Waals surface area contributed by atoms with E-state index >= 15 is 0 Å². The number of aliphatic carboxylic acids is 1. The number of hydrogen-bond donors (Lipinski definition) is 6. The molecular weight excluding hydrogens is 428 g/mol. The van der Waals surface area contributed by atoms with Crippen LogP contribution in [0.15, 0.2) is 36.4 Å². The Morgan fingerprint density at radius 3 is 2.31 bits per heavy atom. The summed E-state index contributed by atoms with van der Waals surface area (Å²) >= 11 is 0. The Hall–Kier alpha value is -3.38. The van der Waals surface area contributed by atoms with E-state index in [0.29, 0.717) is 5.56 Å². The molecule has 1 saturated heterocycles. The lowest BCUT2D eigenvalue weighted by Crippen LogP contribution is -2.61. The van der Waals surface area contributed by atoms with Crippen molar-refractivity contribution in [3.05, 3.63) is 47.5 Å². The zero-order chi connectivity index (χ0) is 23.2. The lowest BCUT2D eigenvalue weighted by Gasteiger charge is -2.38. The lowest BCUT2D eigenvalue weighted by atomic mass is 9.95. The smallest absolute Gasteiger partial charge is 0.335 e. The van der Waals surface area contributed by atoms with E-state index in [9.17, 15) is 35.1 Å². The van der Waals surface area contributed by atoms with Crippen LogP contribution in [0.4, 0.5) is 0 Å². The van der Waals surface area contributed by atoms with Crippen molar-refractivity contribution in [3.63, 3.8) is 0 Å². The van der Waals surface area contributed by atoms with Crippen molar-refractivity contribution in [1.82, 2.24) is 0 Å². The summed E-state index contributed by atoms with van der Waals surface area (Å²) in [7, 11) is 0. The molecule has 0 bridgehead atoms. The number of ether oxygens (including phenoxy) is 3. The van der Waals surface area contributed by atoms with Gasteiger partial charge in [-0.1, -0.05) is 12.1 Å². The molecule has 170 valence electrons. The lowest BCUT2D eigenvalue weighted by molar-refractivity contribution is -0.271. The second-order valence-electron chi connectivity index (χ2n) is 7.47. The summed E-state index contributed by atoms with van der Waals surface area (Å²) in [6, 6.07) is 8.38. The van der Waals surface area contributed by atoms with Crippen LogP contribution in [0.3, 0.4) is 0 Å². The van der Waals surface area contributed by atoms with Crippen LogP contribution >= 0.6 is 0 Å². The third-order valence-electron chi connectivity index (χ3n) is 5.33. The van der Waals surface area contributed by atoms with Gasteiger partial charge >= 0.3 is 5.97 Å². The van der Waals surface area contributed by atoms with E-state index in [4.69, 9.17) is 19.3 Å². The van der Waals surface area contributed by atoms with E-state index in [0.717, 1.165) is 0 Å². The maximum Gasteiger partial charge on any atom is 0.335 e. The van der Waals surface area contributed by atoms with Gasteiger partial charge in [0.2, 0.25) is 6.29 Å². The molecule has 11 nitrogen and oxygen atoms in total. The van der Waals surface area contributed by atoms with Crippen molar-refractivity contribution in [2.24, 2.45) is 0 Å². The Bertz CT molecular complexity index is 1030. The van der Waals surface area contributed by atoms with Crippen LogP contribution < -0.4 is 9.47 Å². The van der Waals surface area contributed by atoms with Crippen molar-refractivity contribution in [3.8, 4) is 23.0 Å². The topological polar surface area (TPSA) is 183 Å². The zero-order valence-corrected chi connectivity index (χ0v) is 16.4. The monoisotopic (exact) mass is 448 g/mol. The van der Waals surface area contributed by atoms with Gasteiger partial charge in [0.15, 0.2) is 23.4 Å². The maximum atomic E-state index is 12.9. The largest absolute Gasteiger partial charge is 0.508 e. The van der Waals surface area contributed by atoms with Crippen molar-refractivity contribution in [2.75, 3.05) is 0 Å². The van der Waals surface area contributed by atoms with Crippen LogP contribution in [0.2, 0.25) is 0 Å². The summed E-state index contributed by atoms with van der Waals surface area (Å²) in [6.45, 7) is 0. The number of Topliss-reactive ketones (excluding diaryl/α,β-unsaturated/α-hetero) is 1. The van der Waals surface area contributed by atoms with Crippen LogP contribution in [0.25, 0.3) is 0 Å². The van der Waals surface area contributed by atoms with E-state index < -0.39 is 48.6 Å². The number of carboxylic acids is 1. The van der Waals surface area contributed by atoms with Gasteiger partial charge < -0.3 is 44.8 Å². The van der Waals surface area contributed by atoms with Crippen molar-refractivity contribution < 1.29 is 54.4 Å². The molecular formula is C21H20O11. The maximum absolute atomic E-state index is 12.9. The summed E-state index contributed by atoms with van der Waals surface area (Å²) in [4.78, 5) is 24.2. The van der Waals surface area contributed by atoms with Gasteiger partial charge in [0, 0.05) is 0 Å². The average molecular weight is 448 g/mol. The van der Waals surface area contributed by atoms with E-state index in [1.54, 1.807) is 12.1 Å². The number of benzene rings is 2. The molecule has 2 aliphatic rings. The number of carbonyl (C=O) groups is 2. The number of aromatic hydroxyl groups is 2. The fourth-order valence-electron chi connectivity index (χ4n) is 3.64. The highest BCUT2D eigenvalue weighted by Gasteiger charge is 2.48. The molecule has 6 atom stereocenters. The van der Waals surface area contributed by atoms with E-state index in [1.165, 1.54) is 24.3 Å². The SMILES string of the molecule is O=C1C[C@H](c2ccc(O)cc2)Oc2c(O)ccc(O[C@@H]3O[C@H](C(=O)O)[C@@H](O)[C@H](O)[C@H]3O)c21. The first kappa shape index (κ1) is 21.8. The number of rotatable bonds is 4. The molecule has 2 heterocycles. The Morgan fingerprint density at radius 2 is 1.66 bits per heavy atom. The van der Waals surface area contributed by atoms with Gasteiger partial charge in [-0.2, -0.15) is 0 Å². The molecule has 0 saturated carbocycles. The number of phenols is 2. The molecule has 0 unspecified atom stereocenters. The highest BCUT2D eigenvalue weighted by Crippen LogP contribution is 2.45. The van der Waals surface area contributed by atoms with Crippen LogP contribution in [-0.2, 0) is 9.53 Å². The molecule has 11 heteroatoms. The molecule has 4 rings (SSSR count). The molecule has 0 amide bonds. The van der Waals surface area contributed by atoms with Crippen molar-refractivity contribution >= 4 is 11.8 Å². The van der Waals surface area contributed by atoms with Crippen LogP contribution in [0.5, 0.6) is 23.0 Å². The third kappa shape index (κ3) is 3.82. The van der Waals surface area contributed by atoms with Crippen LogP contribution in [-0.4, -0.2) is 73.1 Å². The molecule has 1 fully saturated rings. The molecule has 0 spiro atoms. The molecule has 32 heavy (non-hydrogen) atoms. The Balaban J connectivity index is 1.64. The normalized spacial score (nSPS) is 29.7. The van der Waals surface area contributed by atoms with Crippen LogP contribution in [0.1, 0.15) is 28.4 Å². The van der Waals surface area contributed by atoms with Gasteiger partial charge in [0.25, 0.3) is 0 Å². The van der Waals surface area contributed by atoms with Gasteiger partial charge in [-0.25, -0.2) is 4.79 Å². The minimum atomic E-state index is -1.90. The predicted octanol–water partition coefficient (Wildman–Crippen LogP) is 0.0753. The summed E-state index contributed by atoms with van der Waals surface area (Å²) < 4.78 is 16.4. The zero-order valence-electron chi connectivity index (χ0n) is 16.4. The molecule has 0 radical (unpaired) electrons. The van der Waals surface area contributed by atoms with Crippen LogP contribution in [0, 0.1) is 0 Å². The summed E-state index contributed by atoms with van der Waals surface area (Å²) in [5, 5.41) is 58.8. The second-order valence-corrected chi connectivity index (χ2v) is 7.47. The van der Waals surface area contributed by atoms with E-state index in [2.05, 4.69) is 0 Å². The Morgan fingerprint density at radius 1 is 0.969 bits per heavy atom. The van der Waals surface area contributed by atoms with Crippen molar-refractivity contribution in [1.29, 1.82) is 0 Å². The Kier molecular flexibility index (Phi) is 5.65. The van der Waals surface area contributed by atoms with Gasteiger partial charge in [-0.15, -0.1) is 0 Å². The minimum absolute atomic E-state index is 0.0350. The Labute approximate surface area is 180 Å². The van der Waals surface area contributed by atoms with Crippen molar-refractivity contribution in [2.45, 2.75) is 43.2 Å². The van der Waals surface area contributed by atoms with Gasteiger partial charge in [0.1, 0.15) is 41.5 Å². The standard InChI is InChI=1S/C21H20O11/c22-9-3-1-8(2-4-9)13-7-11(24)14-12(6-5-10(23)18(14)30-13)31-21-17(27)15(25)16(26)19(32-21)20(28)29/h1-6,13,15-17,19,21-23,25-27H,7H2,(H,28,29)/t13-,15+,16+,17-,19+,21-/m1/s1. The number of ketones is 1. The molecule has 6 N–H and O–H groups in total. The minimum Gasteiger partial charge on any atom is -0.508 e. The third-order valence-corrected chi connectivity index (χ3v) is 5.33. The summed E-state index contributed by atoms with van der Waals surface area (Å²) in [6.07, 6.45) is -10.1. The first-order valence-corrected chi connectivity index (χ1v) is 9.61. The number of hydrogen-bond acceptors (Lipinski definition) is 10. The fourth-order valence-corrected chi connectivity index (χ4v) is 3.64. The molecule has 0 aliphatic carbocycles. The average Bonchev–Trinajstić information content (AvgIpc) is 2.76. The molecule has 2 aliphatic heterocycles. The molecule has 0 aromatic heterocycles. The van der Waals surface area contributed by atoms with Gasteiger partial charge in [0.05, 0.1) is 6.42 Å². The van der Waals surface area contributed by atoms with E-state index in [1.807, 2.05) is 0 Å². The number of phenolic OH excluding ortho intramolecular Hbond substituents is 2. The highest BCUT2D eigenvalue weighted by atomic mass is 16.7. The number of aliphatic hydroxyl groups excluding tert-OH is 3. The number of carbonyl (C=O) groups excluding carboxylic acids is 1. The first-order valence-electron chi connectivity index (χ1n) is 9.61. The quantitative estimate of drug-likeness (QED) is 0.372. The second kappa shape index (κ2) is 8.28. The molecule has 2 aromatic rings. The van der Waals surface area contributed by atoms with Gasteiger partial charge in [-0.05, 0) is 29.8 Å².